The Kier molecular flexibility index (Phi) is 5.09. The summed E-state index contributed by atoms with van der Waals surface area (Å²) in [4.78, 5) is 2.49. The van der Waals surface area contributed by atoms with Crippen LogP contribution in [0.5, 0.6) is 0 Å². The van der Waals surface area contributed by atoms with Gasteiger partial charge < -0.3 is 4.74 Å². The van der Waals surface area contributed by atoms with Gasteiger partial charge >= 0.3 is 0 Å². The molecule has 13 heavy (non-hydrogen) atoms. The van der Waals surface area contributed by atoms with Crippen molar-refractivity contribution in [2.75, 3.05) is 32.8 Å². The van der Waals surface area contributed by atoms with E-state index in [0.717, 1.165) is 26.3 Å². The third-order valence-corrected chi connectivity index (χ3v) is 2.53. The van der Waals surface area contributed by atoms with Gasteiger partial charge in [-0.3, -0.25) is 4.90 Å². The third-order valence-electron chi connectivity index (χ3n) is 2.53. The molecule has 0 saturated carbocycles. The second-order valence-corrected chi connectivity index (χ2v) is 3.75. The standard InChI is InChI=1S/C11H21NO/c1-3-4-11(2)5-6-12-7-9-13-10-8-12/h3-4,11H,5-10H2,1-2H3/b4-3+. The van der Waals surface area contributed by atoms with E-state index >= 15 is 0 Å². The fourth-order valence-corrected chi connectivity index (χ4v) is 1.64. The van der Waals surface area contributed by atoms with Crippen LogP contribution in [0.4, 0.5) is 0 Å². The fourth-order valence-electron chi connectivity index (χ4n) is 1.64. The molecule has 1 heterocycles. The number of nitrogens with zero attached hydrogens (tertiary/aromatic N) is 1. The number of ether oxygens (including phenoxy) is 1. The number of hydrogen-bond acceptors (Lipinski definition) is 2. The Hall–Kier alpha value is -0.340. The average molecular weight is 183 g/mol. The third kappa shape index (κ3) is 4.44. The maximum absolute atomic E-state index is 5.30. The lowest BCUT2D eigenvalue weighted by Crippen LogP contribution is -2.37. The van der Waals surface area contributed by atoms with Crippen molar-refractivity contribution in [3.05, 3.63) is 12.2 Å². The second kappa shape index (κ2) is 6.17. The molecule has 0 aromatic carbocycles. The summed E-state index contributed by atoms with van der Waals surface area (Å²) in [5, 5.41) is 0. The first-order chi connectivity index (χ1) is 6.33. The van der Waals surface area contributed by atoms with Crippen molar-refractivity contribution in [2.24, 2.45) is 5.92 Å². The summed E-state index contributed by atoms with van der Waals surface area (Å²) >= 11 is 0. The van der Waals surface area contributed by atoms with E-state index in [1.165, 1.54) is 13.0 Å². The highest BCUT2D eigenvalue weighted by Gasteiger charge is 2.10. The lowest BCUT2D eigenvalue weighted by molar-refractivity contribution is 0.0364. The minimum atomic E-state index is 0.716. The normalized spacial score (nSPS) is 22.3. The van der Waals surface area contributed by atoms with Crippen molar-refractivity contribution in [1.29, 1.82) is 0 Å². The van der Waals surface area contributed by atoms with E-state index in [-0.39, 0.29) is 0 Å². The summed E-state index contributed by atoms with van der Waals surface area (Å²) in [6, 6.07) is 0. The van der Waals surface area contributed by atoms with Crippen LogP contribution in [-0.2, 0) is 4.74 Å². The van der Waals surface area contributed by atoms with Crippen LogP contribution in [-0.4, -0.2) is 37.7 Å². The molecule has 0 amide bonds. The van der Waals surface area contributed by atoms with E-state index in [1.54, 1.807) is 0 Å². The molecule has 1 fully saturated rings. The highest BCUT2D eigenvalue weighted by molar-refractivity contribution is 4.83. The predicted molar refractivity (Wildman–Crippen MR) is 55.9 cm³/mol. The lowest BCUT2D eigenvalue weighted by Gasteiger charge is -2.27. The SMILES string of the molecule is C/C=C/C(C)CCN1CCOCC1. The van der Waals surface area contributed by atoms with Gasteiger partial charge in [0, 0.05) is 13.1 Å². The van der Waals surface area contributed by atoms with Gasteiger partial charge in [0.15, 0.2) is 0 Å². The topological polar surface area (TPSA) is 12.5 Å². The first-order valence-electron chi connectivity index (χ1n) is 5.26. The molecule has 0 radical (unpaired) electrons. The highest BCUT2D eigenvalue weighted by atomic mass is 16.5. The molecule has 0 N–H and O–H groups in total. The zero-order chi connectivity index (χ0) is 9.52. The van der Waals surface area contributed by atoms with Crippen LogP contribution in [0.1, 0.15) is 20.3 Å². The van der Waals surface area contributed by atoms with Gasteiger partial charge in [0.2, 0.25) is 0 Å². The maximum Gasteiger partial charge on any atom is 0.0594 e. The Labute approximate surface area is 81.6 Å². The predicted octanol–water partition coefficient (Wildman–Crippen LogP) is 1.92. The van der Waals surface area contributed by atoms with Gasteiger partial charge in [0.25, 0.3) is 0 Å². The molecule has 76 valence electrons. The monoisotopic (exact) mass is 183 g/mol. The number of rotatable bonds is 4. The lowest BCUT2D eigenvalue weighted by atomic mass is 10.1. The summed E-state index contributed by atoms with van der Waals surface area (Å²) in [5.74, 6) is 0.716. The van der Waals surface area contributed by atoms with Crippen LogP contribution < -0.4 is 0 Å². The molecular formula is C11H21NO. The van der Waals surface area contributed by atoms with Gasteiger partial charge in [-0.2, -0.15) is 0 Å². The first kappa shape index (κ1) is 10.7. The number of morpholine rings is 1. The quantitative estimate of drug-likeness (QED) is 0.617. The molecular weight excluding hydrogens is 162 g/mol. The Bertz CT molecular complexity index is 150. The molecule has 1 aliphatic heterocycles. The Balaban J connectivity index is 2.09. The van der Waals surface area contributed by atoms with Crippen molar-refractivity contribution in [2.45, 2.75) is 20.3 Å². The fraction of sp³-hybridized carbons (Fsp3) is 0.818. The van der Waals surface area contributed by atoms with E-state index in [0.29, 0.717) is 5.92 Å². The number of allylic oxidation sites excluding steroid dienone is 2. The van der Waals surface area contributed by atoms with E-state index in [1.807, 2.05) is 0 Å². The van der Waals surface area contributed by atoms with Gasteiger partial charge in [0.05, 0.1) is 13.2 Å². The van der Waals surface area contributed by atoms with E-state index in [9.17, 15) is 0 Å². The summed E-state index contributed by atoms with van der Waals surface area (Å²) in [5.41, 5.74) is 0. The average Bonchev–Trinajstić information content (AvgIpc) is 2.17. The molecule has 2 heteroatoms. The molecule has 1 atom stereocenters. The molecule has 0 spiro atoms. The van der Waals surface area contributed by atoms with Crippen LogP contribution in [0.25, 0.3) is 0 Å². The van der Waals surface area contributed by atoms with Crippen LogP contribution in [0.3, 0.4) is 0 Å². The molecule has 0 bridgehead atoms. The summed E-state index contributed by atoms with van der Waals surface area (Å²) in [6.45, 7) is 9.64. The van der Waals surface area contributed by atoms with E-state index < -0.39 is 0 Å². The summed E-state index contributed by atoms with van der Waals surface area (Å²) in [7, 11) is 0. The van der Waals surface area contributed by atoms with Crippen molar-refractivity contribution in [3.63, 3.8) is 0 Å². The Morgan fingerprint density at radius 1 is 1.38 bits per heavy atom. The zero-order valence-electron chi connectivity index (χ0n) is 8.83. The number of hydrogen-bond donors (Lipinski definition) is 0. The van der Waals surface area contributed by atoms with Crippen LogP contribution >= 0.6 is 0 Å². The highest BCUT2D eigenvalue weighted by Crippen LogP contribution is 2.06. The van der Waals surface area contributed by atoms with Crippen molar-refractivity contribution in [1.82, 2.24) is 4.90 Å². The van der Waals surface area contributed by atoms with Crippen molar-refractivity contribution >= 4 is 0 Å². The molecule has 0 aromatic rings. The first-order valence-corrected chi connectivity index (χ1v) is 5.26. The Morgan fingerprint density at radius 2 is 2.08 bits per heavy atom. The summed E-state index contributed by atoms with van der Waals surface area (Å²) < 4.78 is 5.30. The van der Waals surface area contributed by atoms with Gasteiger partial charge in [-0.15, -0.1) is 0 Å². The maximum atomic E-state index is 5.30. The minimum absolute atomic E-state index is 0.716. The second-order valence-electron chi connectivity index (χ2n) is 3.75. The van der Waals surface area contributed by atoms with E-state index in [4.69, 9.17) is 4.74 Å². The van der Waals surface area contributed by atoms with Crippen LogP contribution in [0.2, 0.25) is 0 Å². The molecule has 1 unspecified atom stereocenters. The minimum Gasteiger partial charge on any atom is -0.379 e. The largest absolute Gasteiger partial charge is 0.379 e. The summed E-state index contributed by atoms with van der Waals surface area (Å²) in [6.07, 6.45) is 5.69. The van der Waals surface area contributed by atoms with Crippen molar-refractivity contribution in [3.8, 4) is 0 Å². The zero-order valence-corrected chi connectivity index (χ0v) is 8.83. The van der Waals surface area contributed by atoms with Crippen molar-refractivity contribution < 1.29 is 4.74 Å². The van der Waals surface area contributed by atoms with Crippen LogP contribution in [0.15, 0.2) is 12.2 Å². The molecule has 1 rings (SSSR count). The van der Waals surface area contributed by atoms with E-state index in [2.05, 4.69) is 30.9 Å². The van der Waals surface area contributed by atoms with Gasteiger partial charge in [0.1, 0.15) is 0 Å². The van der Waals surface area contributed by atoms with Gasteiger partial charge in [-0.25, -0.2) is 0 Å². The molecule has 0 aromatic heterocycles. The smallest absolute Gasteiger partial charge is 0.0594 e. The molecule has 0 aliphatic carbocycles. The Morgan fingerprint density at radius 3 is 2.69 bits per heavy atom. The molecule has 2 nitrogen and oxygen atoms in total. The molecule has 1 saturated heterocycles. The molecule has 1 aliphatic rings. The van der Waals surface area contributed by atoms with Crippen LogP contribution in [0, 0.1) is 5.92 Å². The van der Waals surface area contributed by atoms with Gasteiger partial charge in [-0.05, 0) is 25.8 Å². The van der Waals surface area contributed by atoms with Gasteiger partial charge in [-0.1, -0.05) is 19.1 Å².